The third-order valence-electron chi connectivity index (χ3n) is 10.6. The van der Waals surface area contributed by atoms with Gasteiger partial charge in [-0.2, -0.15) is 0 Å². The lowest BCUT2D eigenvalue weighted by Crippen LogP contribution is -2.54. The molecule has 1 aliphatic carbocycles. The van der Waals surface area contributed by atoms with Gasteiger partial charge in [0.25, 0.3) is 11.8 Å². The molecule has 276 valence electrons. The van der Waals surface area contributed by atoms with E-state index < -0.39 is 23.5 Å². The number of hydrogen-bond acceptors (Lipinski definition) is 7. The molecule has 2 atom stereocenters. The van der Waals surface area contributed by atoms with Crippen LogP contribution in [0.1, 0.15) is 90.8 Å². The second-order valence-electron chi connectivity index (χ2n) is 14.1. The zero-order chi connectivity index (χ0) is 37.2. The highest BCUT2D eigenvalue weighted by Crippen LogP contribution is 2.39. The van der Waals surface area contributed by atoms with Gasteiger partial charge >= 0.3 is 5.97 Å². The molecule has 9 nitrogen and oxygen atoms in total. The predicted octanol–water partition coefficient (Wildman–Crippen LogP) is 7.18. The number of rotatable bonds is 10. The SMILES string of the molecule is COC(=O)c1ccc(CCc2c(F)cc(NC(=O)c3c(NC(=O)c4cccc(CN5CC6CCC(C5)N6C(C)=O)c4)sc4c3CCCC4)cc2F)cc1. The van der Waals surface area contributed by atoms with E-state index in [9.17, 15) is 19.2 Å². The fourth-order valence-electron chi connectivity index (χ4n) is 8.07. The molecular formula is C41H42F2N4O5S. The van der Waals surface area contributed by atoms with E-state index in [0.29, 0.717) is 41.1 Å². The first-order valence-electron chi connectivity index (χ1n) is 18.1. The molecule has 1 aromatic heterocycles. The van der Waals surface area contributed by atoms with Crippen LogP contribution in [0.5, 0.6) is 0 Å². The molecule has 2 bridgehead atoms. The van der Waals surface area contributed by atoms with Crippen LogP contribution >= 0.6 is 11.3 Å². The lowest BCUT2D eigenvalue weighted by Gasteiger charge is -2.40. The maximum absolute atomic E-state index is 15.3. The minimum Gasteiger partial charge on any atom is -0.465 e. The summed E-state index contributed by atoms with van der Waals surface area (Å²) in [5.41, 5.74) is 3.70. The Balaban J connectivity index is 1.03. The second-order valence-corrected chi connectivity index (χ2v) is 15.2. The van der Waals surface area contributed by atoms with Gasteiger partial charge in [-0.15, -0.1) is 11.3 Å². The maximum Gasteiger partial charge on any atom is 0.337 e. The summed E-state index contributed by atoms with van der Waals surface area (Å²) in [4.78, 5) is 56.8. The van der Waals surface area contributed by atoms with Gasteiger partial charge in [0.1, 0.15) is 16.6 Å². The van der Waals surface area contributed by atoms with Crippen LogP contribution in [0.2, 0.25) is 0 Å². The number of halogens is 2. The Kier molecular flexibility index (Phi) is 10.7. The lowest BCUT2D eigenvalue weighted by molar-refractivity contribution is -0.134. The Morgan fingerprint density at radius 1 is 0.830 bits per heavy atom. The summed E-state index contributed by atoms with van der Waals surface area (Å²) in [5, 5.41) is 6.09. The molecule has 4 aromatic rings. The van der Waals surface area contributed by atoms with Gasteiger partial charge in [-0.3, -0.25) is 19.3 Å². The van der Waals surface area contributed by atoms with E-state index in [1.165, 1.54) is 18.4 Å². The number of nitrogens with zero attached hydrogens (tertiary/aromatic N) is 2. The number of amides is 3. The van der Waals surface area contributed by atoms with Gasteiger partial charge in [-0.1, -0.05) is 24.3 Å². The number of esters is 1. The van der Waals surface area contributed by atoms with Crippen molar-refractivity contribution in [2.24, 2.45) is 0 Å². The molecule has 3 aromatic carbocycles. The average Bonchev–Trinajstić information content (AvgIpc) is 3.65. The van der Waals surface area contributed by atoms with E-state index >= 15 is 8.78 Å². The van der Waals surface area contributed by atoms with Crippen molar-refractivity contribution in [3.8, 4) is 0 Å². The van der Waals surface area contributed by atoms with Crippen molar-refractivity contribution >= 4 is 45.7 Å². The van der Waals surface area contributed by atoms with Crippen LogP contribution in [-0.2, 0) is 41.8 Å². The Morgan fingerprint density at radius 2 is 1.53 bits per heavy atom. The number of fused-ring (bicyclic) bond motifs is 3. The number of methoxy groups -OCH3 is 1. The van der Waals surface area contributed by atoms with Gasteiger partial charge in [0.15, 0.2) is 0 Å². The van der Waals surface area contributed by atoms with E-state index in [-0.39, 0.29) is 41.6 Å². The Bertz CT molecular complexity index is 2030. The topological polar surface area (TPSA) is 108 Å². The van der Waals surface area contributed by atoms with Crippen molar-refractivity contribution in [2.45, 2.75) is 76.9 Å². The van der Waals surface area contributed by atoms with Crippen LogP contribution in [0.3, 0.4) is 0 Å². The van der Waals surface area contributed by atoms with E-state index in [1.54, 1.807) is 37.3 Å². The minimum absolute atomic E-state index is 0.0190. The first-order valence-corrected chi connectivity index (χ1v) is 18.9. The van der Waals surface area contributed by atoms with Gasteiger partial charge < -0.3 is 20.3 Å². The highest BCUT2D eigenvalue weighted by Gasteiger charge is 2.41. The quantitative estimate of drug-likeness (QED) is 0.167. The summed E-state index contributed by atoms with van der Waals surface area (Å²) >= 11 is 1.38. The summed E-state index contributed by atoms with van der Waals surface area (Å²) in [7, 11) is 1.30. The molecule has 2 fully saturated rings. The van der Waals surface area contributed by atoms with Gasteiger partial charge in [0, 0.05) is 60.3 Å². The van der Waals surface area contributed by atoms with Crippen LogP contribution in [0.15, 0.2) is 60.7 Å². The molecule has 0 radical (unpaired) electrons. The van der Waals surface area contributed by atoms with E-state index in [0.717, 1.165) is 78.9 Å². The number of likely N-dealkylation sites (tertiary alicyclic amines) is 1. The van der Waals surface area contributed by atoms with Gasteiger partial charge in [-0.05, 0) is 104 Å². The number of aryl methyl sites for hydroxylation is 2. The van der Waals surface area contributed by atoms with Crippen LogP contribution < -0.4 is 10.6 Å². The van der Waals surface area contributed by atoms with Crippen LogP contribution in [0, 0.1) is 11.6 Å². The maximum atomic E-state index is 15.3. The molecular weight excluding hydrogens is 699 g/mol. The zero-order valence-electron chi connectivity index (χ0n) is 29.8. The first-order chi connectivity index (χ1) is 25.6. The number of ether oxygens (including phenoxy) is 1. The molecule has 12 heteroatoms. The molecule has 2 unspecified atom stereocenters. The number of carbonyl (C=O) groups is 4. The Labute approximate surface area is 311 Å². The molecule has 2 aliphatic heterocycles. The third-order valence-corrected chi connectivity index (χ3v) is 11.8. The van der Waals surface area contributed by atoms with Crippen LogP contribution in [0.25, 0.3) is 0 Å². The highest BCUT2D eigenvalue weighted by atomic mass is 32.1. The molecule has 0 saturated carbocycles. The fourth-order valence-corrected chi connectivity index (χ4v) is 9.36. The molecule has 7 rings (SSSR count). The monoisotopic (exact) mass is 740 g/mol. The lowest BCUT2D eigenvalue weighted by atomic mass is 9.95. The summed E-state index contributed by atoms with van der Waals surface area (Å²) in [6.45, 7) is 3.91. The van der Waals surface area contributed by atoms with Crippen molar-refractivity contribution in [1.29, 1.82) is 0 Å². The second kappa shape index (κ2) is 15.6. The fraction of sp³-hybridized carbons (Fsp3) is 0.366. The van der Waals surface area contributed by atoms with E-state index in [2.05, 4.69) is 15.5 Å². The Morgan fingerprint density at radius 3 is 2.21 bits per heavy atom. The summed E-state index contributed by atoms with van der Waals surface area (Å²) in [5.74, 6) is -2.77. The molecule has 2 saturated heterocycles. The number of anilines is 2. The van der Waals surface area contributed by atoms with Crippen molar-refractivity contribution in [1.82, 2.24) is 9.80 Å². The van der Waals surface area contributed by atoms with E-state index in [1.807, 2.05) is 23.1 Å². The molecule has 3 aliphatic rings. The van der Waals surface area contributed by atoms with Gasteiger partial charge in [0.05, 0.1) is 18.2 Å². The average molecular weight is 741 g/mol. The largest absolute Gasteiger partial charge is 0.465 e. The smallest absolute Gasteiger partial charge is 0.337 e. The van der Waals surface area contributed by atoms with Crippen molar-refractivity contribution in [3.05, 3.63) is 116 Å². The third kappa shape index (κ3) is 7.89. The summed E-state index contributed by atoms with van der Waals surface area (Å²) in [6, 6.07) is 16.8. The summed E-state index contributed by atoms with van der Waals surface area (Å²) in [6.07, 6.45) is 5.76. The van der Waals surface area contributed by atoms with Crippen molar-refractivity contribution in [2.75, 3.05) is 30.8 Å². The number of benzene rings is 3. The minimum atomic E-state index is -0.777. The zero-order valence-corrected chi connectivity index (χ0v) is 30.6. The number of carbonyl (C=O) groups excluding carboxylic acids is 4. The normalized spacial score (nSPS) is 18.0. The van der Waals surface area contributed by atoms with Crippen LogP contribution in [0.4, 0.5) is 19.5 Å². The molecule has 53 heavy (non-hydrogen) atoms. The van der Waals surface area contributed by atoms with Crippen LogP contribution in [-0.4, -0.2) is 65.8 Å². The van der Waals surface area contributed by atoms with E-state index in [4.69, 9.17) is 4.74 Å². The molecule has 3 amide bonds. The first kappa shape index (κ1) is 36.4. The predicted molar refractivity (Wildman–Crippen MR) is 199 cm³/mol. The van der Waals surface area contributed by atoms with Crippen molar-refractivity contribution in [3.63, 3.8) is 0 Å². The standard InChI is InChI=1S/C41H42F2N4O5S/c1-24(48)47-30-15-16-31(47)23-46(22-30)21-26-6-5-7-28(18-26)38(49)45-40-37(33-8-3-4-9-36(33)53-40)39(50)44-29-19-34(42)32(35(43)20-29)17-12-25-10-13-27(14-11-25)41(51)52-2/h5-7,10-11,13-14,18-20,30-31H,3-4,8-9,12,15-17,21-23H2,1-2H3,(H,44,50)(H,45,49). The van der Waals surface area contributed by atoms with Gasteiger partial charge in [0.2, 0.25) is 5.91 Å². The molecule has 3 heterocycles. The molecule has 0 spiro atoms. The number of thiophene rings is 1. The number of piperazine rings is 1. The summed E-state index contributed by atoms with van der Waals surface area (Å²) < 4.78 is 35.3. The highest BCUT2D eigenvalue weighted by molar-refractivity contribution is 7.17. The molecule has 2 N–H and O–H groups in total. The number of hydrogen-bond donors (Lipinski definition) is 2. The van der Waals surface area contributed by atoms with Gasteiger partial charge in [-0.25, -0.2) is 13.6 Å². The number of nitrogens with one attached hydrogen (secondary N) is 2. The van der Waals surface area contributed by atoms with Crippen molar-refractivity contribution < 1.29 is 32.7 Å². The Hall–Kier alpha value is -4.94.